The van der Waals surface area contributed by atoms with Crippen LogP contribution < -0.4 is 5.90 Å². The molecule has 2 aromatic rings. The number of nitrogens with zero attached hydrogens (tertiary/aromatic N) is 2. The van der Waals surface area contributed by atoms with Gasteiger partial charge in [-0.1, -0.05) is 6.07 Å². The molecule has 2 rings (SSSR count). The maximum atomic E-state index is 5.01. The molecular formula is C11H15N3O. The summed E-state index contributed by atoms with van der Waals surface area (Å²) in [4.78, 5) is 9.01. The van der Waals surface area contributed by atoms with Crippen molar-refractivity contribution in [1.29, 1.82) is 0 Å². The Morgan fingerprint density at radius 3 is 3.00 bits per heavy atom. The number of benzene rings is 1. The van der Waals surface area contributed by atoms with Crippen LogP contribution in [0.3, 0.4) is 0 Å². The fraction of sp³-hybridized carbons (Fsp3) is 0.364. The highest BCUT2D eigenvalue weighted by atomic mass is 16.6. The van der Waals surface area contributed by atoms with E-state index in [1.807, 2.05) is 20.0 Å². The molecule has 1 aromatic carbocycles. The van der Waals surface area contributed by atoms with Gasteiger partial charge >= 0.3 is 0 Å². The van der Waals surface area contributed by atoms with E-state index in [1.54, 1.807) is 0 Å². The lowest BCUT2D eigenvalue weighted by atomic mass is 10.1. The van der Waals surface area contributed by atoms with Crippen LogP contribution in [0.15, 0.2) is 18.2 Å². The van der Waals surface area contributed by atoms with E-state index in [-0.39, 0.29) is 0 Å². The summed E-state index contributed by atoms with van der Waals surface area (Å²) in [7, 11) is 2.02. The van der Waals surface area contributed by atoms with Crippen LogP contribution in [0.25, 0.3) is 11.0 Å². The van der Waals surface area contributed by atoms with Gasteiger partial charge in [0, 0.05) is 7.05 Å². The highest BCUT2D eigenvalue weighted by molar-refractivity contribution is 5.76. The lowest BCUT2D eigenvalue weighted by Crippen LogP contribution is -2.03. The molecule has 15 heavy (non-hydrogen) atoms. The van der Waals surface area contributed by atoms with E-state index >= 15 is 0 Å². The number of aromatic nitrogens is 2. The minimum atomic E-state index is 0.544. The summed E-state index contributed by atoms with van der Waals surface area (Å²) in [5, 5.41) is 0. The summed E-state index contributed by atoms with van der Waals surface area (Å²) >= 11 is 0. The fourth-order valence-electron chi connectivity index (χ4n) is 1.69. The van der Waals surface area contributed by atoms with Gasteiger partial charge < -0.3 is 9.40 Å². The monoisotopic (exact) mass is 205 g/mol. The van der Waals surface area contributed by atoms with Gasteiger partial charge in [0.25, 0.3) is 0 Å². The Hall–Kier alpha value is -1.39. The molecule has 0 unspecified atom stereocenters. The van der Waals surface area contributed by atoms with Crippen molar-refractivity contribution in [2.75, 3.05) is 6.61 Å². The number of hydrogen-bond acceptors (Lipinski definition) is 3. The first-order chi connectivity index (χ1) is 7.22. The largest absolute Gasteiger partial charge is 0.331 e. The smallest absolute Gasteiger partial charge is 0.106 e. The van der Waals surface area contributed by atoms with Gasteiger partial charge in [-0.3, -0.25) is 0 Å². The Balaban J connectivity index is 2.41. The van der Waals surface area contributed by atoms with Crippen LogP contribution >= 0.6 is 0 Å². The Labute approximate surface area is 88.6 Å². The molecule has 1 aromatic heterocycles. The molecule has 4 heteroatoms. The highest BCUT2D eigenvalue weighted by Crippen LogP contribution is 2.16. The molecule has 0 bridgehead atoms. The van der Waals surface area contributed by atoms with Gasteiger partial charge in [-0.15, -0.1) is 0 Å². The Morgan fingerprint density at radius 2 is 2.27 bits per heavy atom. The Bertz CT molecular complexity index is 476. The predicted molar refractivity (Wildman–Crippen MR) is 59.3 cm³/mol. The highest BCUT2D eigenvalue weighted by Gasteiger charge is 2.04. The lowest BCUT2D eigenvalue weighted by molar-refractivity contribution is 0.141. The van der Waals surface area contributed by atoms with E-state index < -0.39 is 0 Å². The summed E-state index contributed by atoms with van der Waals surface area (Å²) in [6.07, 6.45) is 0.830. The first-order valence-electron chi connectivity index (χ1n) is 4.96. The van der Waals surface area contributed by atoms with E-state index in [0.717, 1.165) is 23.3 Å². The molecule has 0 aliphatic rings. The molecule has 1 heterocycles. The summed E-state index contributed by atoms with van der Waals surface area (Å²) in [5.74, 6) is 6.03. The molecule has 0 amide bonds. The van der Waals surface area contributed by atoms with Crippen LogP contribution in [0.1, 0.15) is 11.4 Å². The third kappa shape index (κ3) is 1.86. The minimum absolute atomic E-state index is 0.544. The van der Waals surface area contributed by atoms with E-state index in [2.05, 4.69) is 26.5 Å². The summed E-state index contributed by atoms with van der Waals surface area (Å²) in [6, 6.07) is 6.23. The van der Waals surface area contributed by atoms with E-state index in [9.17, 15) is 0 Å². The second kappa shape index (κ2) is 4.00. The quantitative estimate of drug-likeness (QED) is 0.769. The second-order valence-corrected chi connectivity index (χ2v) is 3.66. The van der Waals surface area contributed by atoms with Crippen molar-refractivity contribution in [1.82, 2.24) is 9.55 Å². The molecule has 0 saturated heterocycles. The van der Waals surface area contributed by atoms with Crippen molar-refractivity contribution in [3.8, 4) is 0 Å². The predicted octanol–water partition coefficient (Wildman–Crippen LogP) is 1.31. The molecule has 2 N–H and O–H groups in total. The van der Waals surface area contributed by atoms with Crippen LogP contribution in [0.2, 0.25) is 0 Å². The molecule has 0 aliphatic heterocycles. The van der Waals surface area contributed by atoms with Crippen LogP contribution in [0.4, 0.5) is 0 Å². The molecule has 80 valence electrons. The van der Waals surface area contributed by atoms with Crippen LogP contribution in [-0.2, 0) is 18.3 Å². The summed E-state index contributed by atoms with van der Waals surface area (Å²) in [6.45, 7) is 2.55. The standard InChI is InChI=1S/C11H15N3O/c1-8-13-10-4-3-9(5-6-15-12)7-11(10)14(8)2/h3-4,7H,5-6,12H2,1-2H3. The zero-order valence-corrected chi connectivity index (χ0v) is 9.03. The van der Waals surface area contributed by atoms with Gasteiger partial charge in [-0.25, -0.2) is 10.9 Å². The number of fused-ring (bicyclic) bond motifs is 1. The Kier molecular flexibility index (Phi) is 2.70. The normalized spacial score (nSPS) is 11.1. The zero-order chi connectivity index (χ0) is 10.8. The van der Waals surface area contributed by atoms with E-state index in [1.165, 1.54) is 5.56 Å². The molecule has 0 atom stereocenters. The Morgan fingerprint density at radius 1 is 1.47 bits per heavy atom. The van der Waals surface area contributed by atoms with Gasteiger partial charge in [0.2, 0.25) is 0 Å². The lowest BCUT2D eigenvalue weighted by Gasteiger charge is -2.01. The first kappa shape index (κ1) is 10.1. The molecule has 0 aliphatic carbocycles. The average Bonchev–Trinajstić information content (AvgIpc) is 2.52. The fourth-order valence-corrected chi connectivity index (χ4v) is 1.69. The van der Waals surface area contributed by atoms with Crippen molar-refractivity contribution in [2.24, 2.45) is 12.9 Å². The van der Waals surface area contributed by atoms with Crippen molar-refractivity contribution in [3.63, 3.8) is 0 Å². The van der Waals surface area contributed by atoms with Crippen molar-refractivity contribution < 1.29 is 4.84 Å². The third-order valence-electron chi connectivity index (χ3n) is 2.68. The van der Waals surface area contributed by atoms with Gasteiger partial charge in [0.1, 0.15) is 5.82 Å². The number of nitrogens with two attached hydrogens (primary N) is 1. The molecule has 0 radical (unpaired) electrons. The summed E-state index contributed by atoms with van der Waals surface area (Å²) in [5.41, 5.74) is 3.41. The van der Waals surface area contributed by atoms with Crippen LogP contribution in [0, 0.1) is 6.92 Å². The van der Waals surface area contributed by atoms with Gasteiger partial charge in [-0.2, -0.15) is 0 Å². The van der Waals surface area contributed by atoms with Crippen molar-refractivity contribution in [3.05, 3.63) is 29.6 Å². The van der Waals surface area contributed by atoms with Gasteiger partial charge in [0.05, 0.1) is 17.6 Å². The number of aryl methyl sites for hydroxylation is 2. The van der Waals surface area contributed by atoms with Crippen molar-refractivity contribution >= 4 is 11.0 Å². The first-order valence-corrected chi connectivity index (χ1v) is 4.96. The average molecular weight is 205 g/mol. The molecule has 0 saturated carbocycles. The van der Waals surface area contributed by atoms with E-state index in [4.69, 9.17) is 5.90 Å². The number of imidazole rings is 1. The van der Waals surface area contributed by atoms with Gasteiger partial charge in [0.15, 0.2) is 0 Å². The molecular weight excluding hydrogens is 190 g/mol. The van der Waals surface area contributed by atoms with Crippen LogP contribution in [-0.4, -0.2) is 16.2 Å². The van der Waals surface area contributed by atoms with Crippen molar-refractivity contribution in [2.45, 2.75) is 13.3 Å². The second-order valence-electron chi connectivity index (χ2n) is 3.66. The minimum Gasteiger partial charge on any atom is -0.331 e. The number of hydrogen-bond donors (Lipinski definition) is 1. The molecule has 0 spiro atoms. The topological polar surface area (TPSA) is 53.1 Å². The van der Waals surface area contributed by atoms with E-state index in [0.29, 0.717) is 6.61 Å². The number of rotatable bonds is 3. The maximum Gasteiger partial charge on any atom is 0.106 e. The molecule has 4 nitrogen and oxygen atoms in total. The van der Waals surface area contributed by atoms with Gasteiger partial charge in [-0.05, 0) is 31.0 Å². The molecule has 0 fully saturated rings. The SMILES string of the molecule is Cc1nc2ccc(CCON)cc2n1C. The third-order valence-corrected chi connectivity index (χ3v) is 2.68. The maximum absolute atomic E-state index is 5.01. The zero-order valence-electron chi connectivity index (χ0n) is 9.03. The van der Waals surface area contributed by atoms with Crippen LogP contribution in [0.5, 0.6) is 0 Å². The summed E-state index contributed by atoms with van der Waals surface area (Å²) < 4.78 is 2.09.